The third-order valence-corrected chi connectivity index (χ3v) is 3.02. The summed E-state index contributed by atoms with van der Waals surface area (Å²) < 4.78 is 61.1. The highest BCUT2D eigenvalue weighted by molar-refractivity contribution is 7.86. The zero-order valence-corrected chi connectivity index (χ0v) is 11.7. The van der Waals surface area contributed by atoms with Gasteiger partial charge in [-0.3, -0.25) is 0 Å². The molecular weight excluding hydrogens is 285 g/mol. The Hall–Kier alpha value is -1.09. The first-order valence-electron chi connectivity index (χ1n) is 5.55. The average molecular weight is 302 g/mol. The SMILES string of the molecule is CCCCc1c[nH]c(C)[n+]1C.O=S(=O)([O-])C(F)(F)F. The molecule has 0 radical (unpaired) electrons. The molecule has 0 amide bonds. The maximum atomic E-state index is 10.7. The van der Waals surface area contributed by atoms with E-state index >= 15 is 0 Å². The van der Waals surface area contributed by atoms with Crippen LogP contribution in [0.2, 0.25) is 0 Å². The van der Waals surface area contributed by atoms with E-state index in [0.717, 1.165) is 0 Å². The molecule has 9 heteroatoms. The summed E-state index contributed by atoms with van der Waals surface area (Å²) in [7, 11) is -3.98. The van der Waals surface area contributed by atoms with Gasteiger partial charge in [-0.05, 0) is 6.42 Å². The Balaban J connectivity index is 0.000000362. The number of nitrogens with zero attached hydrogens (tertiary/aromatic N) is 1. The van der Waals surface area contributed by atoms with Crippen LogP contribution >= 0.6 is 0 Å². The van der Waals surface area contributed by atoms with Crippen LogP contribution in [0.4, 0.5) is 13.2 Å². The molecule has 1 aromatic rings. The van der Waals surface area contributed by atoms with Gasteiger partial charge in [-0.2, -0.15) is 13.2 Å². The molecule has 0 fully saturated rings. The Bertz CT molecular complexity index is 495. The van der Waals surface area contributed by atoms with Crippen LogP contribution in [0.15, 0.2) is 6.20 Å². The molecule has 5 nitrogen and oxygen atoms in total. The number of aromatic nitrogens is 2. The molecule has 0 spiro atoms. The largest absolute Gasteiger partial charge is 0.741 e. The first-order valence-corrected chi connectivity index (χ1v) is 6.96. The Morgan fingerprint density at radius 1 is 1.42 bits per heavy atom. The van der Waals surface area contributed by atoms with Crippen LogP contribution in [0, 0.1) is 6.92 Å². The zero-order valence-electron chi connectivity index (χ0n) is 10.9. The van der Waals surface area contributed by atoms with Gasteiger partial charge < -0.3 is 4.55 Å². The van der Waals surface area contributed by atoms with E-state index in [-0.39, 0.29) is 0 Å². The van der Waals surface area contributed by atoms with Crippen molar-refractivity contribution in [2.75, 3.05) is 0 Å². The minimum atomic E-state index is -6.09. The molecule has 0 aliphatic heterocycles. The van der Waals surface area contributed by atoms with Gasteiger partial charge in [-0.15, -0.1) is 0 Å². The number of nitrogens with one attached hydrogen (secondary N) is 1. The minimum Gasteiger partial charge on any atom is -0.741 e. The van der Waals surface area contributed by atoms with Gasteiger partial charge in [0.05, 0.1) is 7.05 Å². The van der Waals surface area contributed by atoms with Gasteiger partial charge >= 0.3 is 5.51 Å². The lowest BCUT2D eigenvalue weighted by atomic mass is 10.2. The van der Waals surface area contributed by atoms with Gasteiger partial charge in [0.25, 0.3) is 5.82 Å². The number of halogens is 3. The summed E-state index contributed by atoms with van der Waals surface area (Å²) in [5, 5.41) is 0. The molecule has 0 atom stereocenters. The molecule has 1 aromatic heterocycles. The Morgan fingerprint density at radius 3 is 2.16 bits per heavy atom. The molecule has 19 heavy (non-hydrogen) atoms. The molecule has 0 saturated heterocycles. The van der Waals surface area contributed by atoms with Crippen LogP contribution in [0.25, 0.3) is 0 Å². The van der Waals surface area contributed by atoms with Crippen molar-refractivity contribution in [2.24, 2.45) is 7.05 Å². The number of hydrogen-bond acceptors (Lipinski definition) is 3. The summed E-state index contributed by atoms with van der Waals surface area (Å²) in [6.07, 6.45) is 5.84. The zero-order chi connectivity index (χ0) is 15.3. The Labute approximate surface area is 110 Å². The lowest BCUT2D eigenvalue weighted by Crippen LogP contribution is -2.33. The molecule has 0 saturated carbocycles. The number of aromatic amines is 1. The first kappa shape index (κ1) is 17.9. The van der Waals surface area contributed by atoms with Crippen molar-refractivity contribution >= 4 is 10.1 Å². The van der Waals surface area contributed by atoms with Crippen LogP contribution in [-0.2, 0) is 23.6 Å². The van der Waals surface area contributed by atoms with Crippen LogP contribution in [0.5, 0.6) is 0 Å². The number of imidazole rings is 1. The van der Waals surface area contributed by atoms with E-state index in [1.54, 1.807) is 0 Å². The Kier molecular flexibility index (Phi) is 6.50. The molecule has 0 bridgehead atoms. The van der Waals surface area contributed by atoms with E-state index in [0.29, 0.717) is 0 Å². The van der Waals surface area contributed by atoms with Crippen LogP contribution in [0.1, 0.15) is 31.3 Å². The van der Waals surface area contributed by atoms with Gasteiger partial charge in [-0.25, -0.2) is 18.0 Å². The molecule has 1 heterocycles. The number of aryl methyl sites for hydroxylation is 2. The van der Waals surface area contributed by atoms with Crippen molar-refractivity contribution in [3.63, 3.8) is 0 Å². The molecule has 0 aliphatic rings. The van der Waals surface area contributed by atoms with Crippen LogP contribution in [-0.4, -0.2) is 23.5 Å². The van der Waals surface area contributed by atoms with Crippen molar-refractivity contribution in [1.29, 1.82) is 0 Å². The molecule has 1 rings (SSSR count). The highest BCUT2D eigenvalue weighted by Crippen LogP contribution is 2.20. The number of hydrogen-bond donors (Lipinski definition) is 1. The predicted molar refractivity (Wildman–Crippen MR) is 61.1 cm³/mol. The lowest BCUT2D eigenvalue weighted by molar-refractivity contribution is -0.683. The monoisotopic (exact) mass is 302 g/mol. The smallest absolute Gasteiger partial charge is 0.485 e. The molecular formula is C10H17F3N2O3S. The van der Waals surface area contributed by atoms with E-state index in [4.69, 9.17) is 13.0 Å². The summed E-state index contributed by atoms with van der Waals surface area (Å²) >= 11 is 0. The van der Waals surface area contributed by atoms with Crippen LogP contribution in [0.3, 0.4) is 0 Å². The fourth-order valence-corrected chi connectivity index (χ4v) is 1.19. The lowest BCUT2D eigenvalue weighted by Gasteiger charge is -2.08. The highest BCUT2D eigenvalue weighted by atomic mass is 32.2. The van der Waals surface area contributed by atoms with Crippen molar-refractivity contribution in [3.05, 3.63) is 17.7 Å². The molecule has 0 aromatic carbocycles. The van der Waals surface area contributed by atoms with Gasteiger partial charge in [0.2, 0.25) is 0 Å². The average Bonchev–Trinajstić information content (AvgIpc) is 2.55. The van der Waals surface area contributed by atoms with E-state index in [1.807, 2.05) is 0 Å². The fraction of sp³-hybridized carbons (Fsp3) is 0.700. The number of unbranched alkanes of at least 4 members (excludes halogenated alkanes) is 1. The fourth-order valence-electron chi connectivity index (χ4n) is 1.19. The molecule has 112 valence electrons. The summed E-state index contributed by atoms with van der Waals surface area (Å²) in [5.74, 6) is 1.23. The van der Waals surface area contributed by atoms with E-state index in [2.05, 4.69) is 36.6 Å². The first-order chi connectivity index (χ1) is 8.50. The van der Waals surface area contributed by atoms with Crippen molar-refractivity contribution in [1.82, 2.24) is 4.98 Å². The van der Waals surface area contributed by atoms with Crippen molar-refractivity contribution in [3.8, 4) is 0 Å². The maximum absolute atomic E-state index is 10.7. The van der Waals surface area contributed by atoms with Crippen molar-refractivity contribution in [2.45, 2.75) is 38.6 Å². The summed E-state index contributed by atoms with van der Waals surface area (Å²) in [4.78, 5) is 3.21. The van der Waals surface area contributed by atoms with E-state index in [1.165, 1.54) is 30.8 Å². The number of rotatable bonds is 3. The normalized spacial score (nSPS) is 11.9. The summed E-state index contributed by atoms with van der Waals surface area (Å²) in [5.41, 5.74) is -4.24. The van der Waals surface area contributed by atoms with Gasteiger partial charge in [-0.1, -0.05) is 13.3 Å². The van der Waals surface area contributed by atoms with Gasteiger partial charge in [0.1, 0.15) is 11.9 Å². The Morgan fingerprint density at radius 2 is 1.89 bits per heavy atom. The quantitative estimate of drug-likeness (QED) is 0.523. The van der Waals surface area contributed by atoms with E-state index < -0.39 is 15.6 Å². The standard InChI is InChI=1S/C9H16N2.CHF3O3S/c1-4-5-6-9-7-10-8(2)11(9)3;2-1(3,4)8(5,6)7/h7H,4-6H2,1-3H3;(H,5,6,7). The second-order valence-electron chi connectivity index (χ2n) is 3.93. The van der Waals surface area contributed by atoms with Crippen LogP contribution < -0.4 is 4.57 Å². The van der Waals surface area contributed by atoms with Gasteiger partial charge in [0, 0.05) is 13.3 Å². The molecule has 0 unspecified atom stereocenters. The summed E-state index contributed by atoms with van der Waals surface area (Å²) in [6.45, 7) is 4.31. The minimum absolute atomic E-state index is 1.19. The number of H-pyrrole nitrogens is 1. The highest BCUT2D eigenvalue weighted by Gasteiger charge is 2.36. The van der Waals surface area contributed by atoms with Crippen molar-refractivity contribution < 1.29 is 30.7 Å². The van der Waals surface area contributed by atoms with Gasteiger partial charge in [0.15, 0.2) is 10.1 Å². The van der Waals surface area contributed by atoms with E-state index in [9.17, 15) is 13.2 Å². The predicted octanol–water partition coefficient (Wildman–Crippen LogP) is 1.54. The molecule has 0 aliphatic carbocycles. The third kappa shape index (κ3) is 6.06. The number of alkyl halides is 3. The molecule has 1 N–H and O–H groups in total. The topological polar surface area (TPSA) is 76.9 Å². The second kappa shape index (κ2) is 6.90. The maximum Gasteiger partial charge on any atom is 0.485 e. The summed E-state index contributed by atoms with van der Waals surface area (Å²) in [6, 6.07) is 0. The second-order valence-corrected chi connectivity index (χ2v) is 5.30. The third-order valence-electron chi connectivity index (χ3n) is 2.45.